The Kier molecular flexibility index (Phi) is 10.1. The van der Waals surface area contributed by atoms with Crippen molar-refractivity contribution in [3.63, 3.8) is 0 Å². The minimum absolute atomic E-state index is 0.248. The molecule has 1 heterocycles. The molecule has 0 saturated carbocycles. The summed E-state index contributed by atoms with van der Waals surface area (Å²) < 4.78 is 13.6. The zero-order chi connectivity index (χ0) is 21.8. The Morgan fingerprint density at radius 3 is 2.17 bits per heavy atom. The predicted octanol–water partition coefficient (Wildman–Crippen LogP) is 4.82. The number of benzene rings is 1. The minimum atomic E-state index is -0.448. The second kappa shape index (κ2) is 12.5. The number of hydrogen-bond donors (Lipinski definition) is 1. The Balaban J connectivity index is 1.51. The molecular weight excluding hydrogens is 398 g/mol. The smallest absolute Gasteiger partial charge is 0.223 e. The molecule has 1 amide bonds. The molecule has 2 N–H and O–H groups in total. The molecule has 6 nitrogen and oxygen atoms in total. The van der Waals surface area contributed by atoms with E-state index in [0.29, 0.717) is 6.61 Å². The number of ether oxygens (including phenoxy) is 2. The number of rotatable bonds is 15. The maximum atomic E-state index is 11.3. The van der Waals surface area contributed by atoms with Gasteiger partial charge in [-0.25, -0.2) is 4.98 Å². The highest BCUT2D eigenvalue weighted by Gasteiger charge is 2.23. The first kappa shape index (κ1) is 24.1. The van der Waals surface area contributed by atoms with Gasteiger partial charge in [0.2, 0.25) is 5.91 Å². The average Bonchev–Trinajstić information content (AvgIpc) is 3.12. The van der Waals surface area contributed by atoms with E-state index >= 15 is 0 Å². The summed E-state index contributed by atoms with van der Waals surface area (Å²) in [6.07, 6.45) is 9.74. The van der Waals surface area contributed by atoms with Gasteiger partial charge in [-0.15, -0.1) is 0 Å². The molecule has 30 heavy (non-hydrogen) atoms. The van der Waals surface area contributed by atoms with Gasteiger partial charge in [0.15, 0.2) is 5.16 Å². The molecule has 0 bridgehead atoms. The van der Waals surface area contributed by atoms with E-state index in [1.807, 2.05) is 62.1 Å². The van der Waals surface area contributed by atoms with Gasteiger partial charge < -0.3 is 19.8 Å². The van der Waals surface area contributed by atoms with Crippen LogP contribution in [0.2, 0.25) is 0 Å². The molecule has 7 heteroatoms. The standard InChI is InChI=1S/C23H35N3O3S/c1-23(2,21(24)27)13-5-7-17-29-20-11-9-19(10-12-20)28-16-6-4-8-18-30-22-25-14-15-26(22)3/h9-12,14-15H,4-8,13,16-18H2,1-3H3,(H2,24,27). The van der Waals surface area contributed by atoms with Crippen molar-refractivity contribution in [2.24, 2.45) is 18.2 Å². The van der Waals surface area contributed by atoms with Crippen LogP contribution in [0.5, 0.6) is 11.5 Å². The topological polar surface area (TPSA) is 79.4 Å². The van der Waals surface area contributed by atoms with Crippen LogP contribution in [0.4, 0.5) is 0 Å². The SMILES string of the molecule is Cn1ccnc1SCCCCCOc1ccc(OCCCCC(C)(C)C(N)=O)cc1. The second-order valence-corrected chi connectivity index (χ2v) is 9.17. The normalized spacial score (nSPS) is 11.4. The van der Waals surface area contributed by atoms with Crippen LogP contribution in [0.15, 0.2) is 41.8 Å². The number of aromatic nitrogens is 2. The van der Waals surface area contributed by atoms with Gasteiger partial charge in [0.25, 0.3) is 0 Å². The number of primary amides is 1. The number of carbonyl (C=O) groups excluding carboxylic acids is 1. The summed E-state index contributed by atoms with van der Waals surface area (Å²) in [6.45, 7) is 5.13. The third-order valence-electron chi connectivity index (χ3n) is 5.02. The van der Waals surface area contributed by atoms with Gasteiger partial charge in [0, 0.05) is 30.6 Å². The van der Waals surface area contributed by atoms with Crippen molar-refractivity contribution in [2.75, 3.05) is 19.0 Å². The number of nitrogens with two attached hydrogens (primary N) is 1. The molecular formula is C23H35N3O3S. The first-order chi connectivity index (χ1) is 14.4. The van der Waals surface area contributed by atoms with Gasteiger partial charge in [-0.2, -0.15) is 0 Å². The number of hydrogen-bond acceptors (Lipinski definition) is 5. The third-order valence-corrected chi connectivity index (χ3v) is 6.17. The second-order valence-electron chi connectivity index (χ2n) is 8.10. The maximum Gasteiger partial charge on any atom is 0.223 e. The van der Waals surface area contributed by atoms with Crippen molar-refractivity contribution in [1.82, 2.24) is 9.55 Å². The van der Waals surface area contributed by atoms with Crippen LogP contribution in [0, 0.1) is 5.41 Å². The highest BCUT2D eigenvalue weighted by atomic mass is 32.2. The maximum absolute atomic E-state index is 11.3. The summed E-state index contributed by atoms with van der Waals surface area (Å²) in [5.41, 5.74) is 4.94. The monoisotopic (exact) mass is 433 g/mol. The van der Waals surface area contributed by atoms with Crippen molar-refractivity contribution >= 4 is 17.7 Å². The minimum Gasteiger partial charge on any atom is -0.494 e. The average molecular weight is 434 g/mol. The number of nitrogens with zero attached hydrogens (tertiary/aromatic N) is 2. The molecule has 1 aromatic heterocycles. The van der Waals surface area contributed by atoms with E-state index < -0.39 is 5.41 Å². The number of thioether (sulfide) groups is 1. The molecule has 0 unspecified atom stereocenters. The Labute approximate surface area is 184 Å². The molecule has 0 saturated heterocycles. The number of imidazole rings is 1. The molecule has 0 fully saturated rings. The largest absolute Gasteiger partial charge is 0.494 e. The molecule has 2 aromatic rings. The van der Waals surface area contributed by atoms with Crippen LogP contribution in [-0.2, 0) is 11.8 Å². The highest BCUT2D eigenvalue weighted by Crippen LogP contribution is 2.23. The Morgan fingerprint density at radius 1 is 1.03 bits per heavy atom. The van der Waals surface area contributed by atoms with Crippen LogP contribution in [0.25, 0.3) is 0 Å². The molecule has 2 rings (SSSR count). The number of unbranched alkanes of at least 4 members (excludes halogenated alkanes) is 3. The van der Waals surface area contributed by atoms with Crippen LogP contribution in [-0.4, -0.2) is 34.4 Å². The fourth-order valence-corrected chi connectivity index (χ4v) is 3.77. The van der Waals surface area contributed by atoms with E-state index in [4.69, 9.17) is 15.2 Å². The number of amides is 1. The van der Waals surface area contributed by atoms with Gasteiger partial charge in [-0.1, -0.05) is 25.6 Å². The summed E-state index contributed by atoms with van der Waals surface area (Å²) in [4.78, 5) is 15.6. The first-order valence-electron chi connectivity index (χ1n) is 10.6. The predicted molar refractivity (Wildman–Crippen MR) is 122 cm³/mol. The number of aryl methyl sites for hydroxylation is 1. The molecule has 0 aliphatic heterocycles. The van der Waals surface area contributed by atoms with Crippen LogP contribution >= 0.6 is 11.8 Å². The van der Waals surface area contributed by atoms with Gasteiger partial charge in [0.1, 0.15) is 11.5 Å². The van der Waals surface area contributed by atoms with E-state index in [-0.39, 0.29) is 5.91 Å². The van der Waals surface area contributed by atoms with E-state index in [0.717, 1.165) is 67.5 Å². The zero-order valence-electron chi connectivity index (χ0n) is 18.4. The molecule has 0 spiro atoms. The Hall–Kier alpha value is -2.15. The Bertz CT molecular complexity index is 759. The van der Waals surface area contributed by atoms with E-state index in [2.05, 4.69) is 4.98 Å². The zero-order valence-corrected chi connectivity index (χ0v) is 19.2. The summed E-state index contributed by atoms with van der Waals surface area (Å²) in [5, 5.41) is 1.07. The summed E-state index contributed by atoms with van der Waals surface area (Å²) in [5.74, 6) is 2.54. The summed E-state index contributed by atoms with van der Waals surface area (Å²) >= 11 is 1.80. The lowest BCUT2D eigenvalue weighted by molar-refractivity contribution is -0.126. The van der Waals surface area contributed by atoms with Gasteiger partial charge >= 0.3 is 0 Å². The fraction of sp³-hybridized carbons (Fsp3) is 0.565. The van der Waals surface area contributed by atoms with Gasteiger partial charge in [-0.05, 0) is 62.8 Å². The lowest BCUT2D eigenvalue weighted by atomic mass is 9.86. The summed E-state index contributed by atoms with van der Waals surface area (Å²) in [7, 11) is 2.02. The molecule has 0 aliphatic carbocycles. The lowest BCUT2D eigenvalue weighted by Crippen LogP contribution is -2.31. The fourth-order valence-electron chi connectivity index (χ4n) is 2.84. The van der Waals surface area contributed by atoms with Crippen molar-refractivity contribution in [3.05, 3.63) is 36.7 Å². The van der Waals surface area contributed by atoms with E-state index in [1.54, 1.807) is 11.8 Å². The van der Waals surface area contributed by atoms with Crippen LogP contribution in [0.1, 0.15) is 52.4 Å². The molecule has 166 valence electrons. The molecule has 0 radical (unpaired) electrons. The summed E-state index contributed by atoms with van der Waals surface area (Å²) in [6, 6.07) is 7.77. The lowest BCUT2D eigenvalue weighted by Gasteiger charge is -2.19. The van der Waals surface area contributed by atoms with E-state index in [1.165, 1.54) is 0 Å². The molecule has 0 aliphatic rings. The first-order valence-corrected chi connectivity index (χ1v) is 11.6. The van der Waals surface area contributed by atoms with Crippen molar-refractivity contribution in [3.8, 4) is 11.5 Å². The van der Waals surface area contributed by atoms with Crippen LogP contribution in [0.3, 0.4) is 0 Å². The van der Waals surface area contributed by atoms with Gasteiger partial charge in [-0.3, -0.25) is 4.79 Å². The highest BCUT2D eigenvalue weighted by molar-refractivity contribution is 7.99. The van der Waals surface area contributed by atoms with Crippen molar-refractivity contribution < 1.29 is 14.3 Å². The third kappa shape index (κ3) is 8.69. The molecule has 1 aromatic carbocycles. The van der Waals surface area contributed by atoms with Crippen molar-refractivity contribution in [1.29, 1.82) is 0 Å². The quantitative estimate of drug-likeness (QED) is 0.322. The molecule has 0 atom stereocenters. The van der Waals surface area contributed by atoms with Gasteiger partial charge in [0.05, 0.1) is 13.2 Å². The van der Waals surface area contributed by atoms with Crippen LogP contribution < -0.4 is 15.2 Å². The Morgan fingerprint density at radius 2 is 1.63 bits per heavy atom. The number of carbonyl (C=O) groups is 1. The van der Waals surface area contributed by atoms with E-state index in [9.17, 15) is 4.79 Å². The van der Waals surface area contributed by atoms with Crippen molar-refractivity contribution in [2.45, 2.75) is 57.5 Å².